The molecule has 4 rings (SSSR count). The highest BCUT2D eigenvalue weighted by Crippen LogP contribution is 2.47. The first-order valence-electron chi connectivity index (χ1n) is 9.08. The molecule has 0 radical (unpaired) electrons. The Morgan fingerprint density at radius 2 is 1.93 bits per heavy atom. The number of carbonyl (C=O) groups is 1. The van der Waals surface area contributed by atoms with Crippen molar-refractivity contribution in [2.24, 2.45) is 0 Å². The smallest absolute Gasteiger partial charge is 0.458 e. The lowest BCUT2D eigenvalue weighted by Crippen LogP contribution is -2.34. The van der Waals surface area contributed by atoms with Gasteiger partial charge >= 0.3 is 18.1 Å². The Labute approximate surface area is 161 Å². The van der Waals surface area contributed by atoms with Crippen LogP contribution in [-0.2, 0) is 10.7 Å². The second kappa shape index (κ2) is 6.64. The van der Waals surface area contributed by atoms with E-state index in [0.29, 0.717) is 12.8 Å². The molecule has 1 aliphatic rings. The zero-order chi connectivity index (χ0) is 21.0. The molecule has 3 heterocycles. The second-order valence-electron chi connectivity index (χ2n) is 6.94. The van der Waals surface area contributed by atoms with E-state index < -0.39 is 23.6 Å². The summed E-state index contributed by atoms with van der Waals surface area (Å²) < 4.78 is 74.2. The number of carbonyl (C=O) groups excluding carboxylic acids is 1. The van der Waals surface area contributed by atoms with Crippen molar-refractivity contribution in [3.8, 4) is 0 Å². The average molecular weight is 413 g/mol. The monoisotopic (exact) mass is 413 g/mol. The van der Waals surface area contributed by atoms with E-state index in [0.717, 1.165) is 18.6 Å². The summed E-state index contributed by atoms with van der Waals surface area (Å²) in [7, 11) is 0. The third-order valence-corrected chi connectivity index (χ3v) is 5.12. The molecule has 1 aliphatic carbocycles. The molecule has 29 heavy (non-hydrogen) atoms. The van der Waals surface area contributed by atoms with Gasteiger partial charge in [0.2, 0.25) is 0 Å². The lowest BCUT2D eigenvalue weighted by molar-refractivity contribution is -0.288. The van der Waals surface area contributed by atoms with Gasteiger partial charge in [-0.05, 0) is 38.0 Å². The van der Waals surface area contributed by atoms with Crippen molar-refractivity contribution >= 4 is 22.6 Å². The molecule has 1 saturated carbocycles. The number of rotatable bonds is 4. The summed E-state index contributed by atoms with van der Waals surface area (Å²) in [5.41, 5.74) is -0.958. The summed E-state index contributed by atoms with van der Waals surface area (Å²) in [4.78, 5) is 20.4. The van der Waals surface area contributed by atoms with Crippen molar-refractivity contribution < 1.29 is 31.5 Å². The van der Waals surface area contributed by atoms with E-state index in [9.17, 15) is 26.7 Å². The van der Waals surface area contributed by atoms with Gasteiger partial charge < -0.3 is 4.74 Å². The molecule has 154 valence electrons. The van der Waals surface area contributed by atoms with Gasteiger partial charge in [0.1, 0.15) is 11.3 Å². The van der Waals surface area contributed by atoms with Crippen LogP contribution in [0.5, 0.6) is 0 Å². The largest absolute Gasteiger partial charge is 0.461 e. The number of alkyl halides is 5. The minimum Gasteiger partial charge on any atom is -0.461 e. The molecular weight excluding hydrogens is 397 g/mol. The minimum absolute atomic E-state index is 0.0840. The van der Waals surface area contributed by atoms with Gasteiger partial charge in [-0.25, -0.2) is 14.8 Å². The number of halogens is 5. The van der Waals surface area contributed by atoms with Gasteiger partial charge in [-0.2, -0.15) is 22.0 Å². The zero-order valence-corrected chi connectivity index (χ0v) is 15.3. The van der Waals surface area contributed by atoms with Crippen LogP contribution in [0, 0.1) is 0 Å². The number of hydrogen-bond donors (Lipinski definition) is 0. The van der Waals surface area contributed by atoms with E-state index in [1.165, 1.54) is 16.7 Å². The number of ether oxygens (including phenoxy) is 1. The van der Waals surface area contributed by atoms with Crippen LogP contribution in [0.2, 0.25) is 0 Å². The standard InChI is InChI=1S/C19H16F5N3O2/c1-2-29-17(28)14-9-27-15(25-14)7-6-11-12(18(20,21)19(22,23)24)8-13(26-16(11)27)10-4-3-5-10/h6-10H,2-5H2,1H3. The molecule has 0 bridgehead atoms. The Kier molecular flexibility index (Phi) is 4.47. The molecule has 10 heteroatoms. The zero-order valence-electron chi connectivity index (χ0n) is 15.3. The third kappa shape index (κ3) is 3.10. The number of esters is 1. The Morgan fingerprint density at radius 3 is 2.52 bits per heavy atom. The first-order valence-corrected chi connectivity index (χ1v) is 9.08. The molecule has 1 fully saturated rings. The molecule has 0 amide bonds. The van der Waals surface area contributed by atoms with Crippen LogP contribution < -0.4 is 0 Å². The maximum Gasteiger partial charge on any atom is 0.458 e. The van der Waals surface area contributed by atoms with Crippen LogP contribution >= 0.6 is 0 Å². The maximum absolute atomic E-state index is 14.3. The van der Waals surface area contributed by atoms with Crippen molar-refractivity contribution in [3.63, 3.8) is 0 Å². The van der Waals surface area contributed by atoms with Crippen LogP contribution in [0.1, 0.15) is 53.8 Å². The van der Waals surface area contributed by atoms with Crippen molar-refractivity contribution in [2.45, 2.75) is 44.2 Å². The number of nitrogens with zero attached hydrogens (tertiary/aromatic N) is 3. The van der Waals surface area contributed by atoms with Crippen LogP contribution in [0.15, 0.2) is 24.4 Å². The maximum atomic E-state index is 14.3. The Bertz CT molecular complexity index is 1100. The van der Waals surface area contributed by atoms with Crippen LogP contribution in [0.25, 0.3) is 16.7 Å². The van der Waals surface area contributed by atoms with Gasteiger partial charge in [0.15, 0.2) is 5.69 Å². The van der Waals surface area contributed by atoms with Gasteiger partial charge in [0.25, 0.3) is 0 Å². The van der Waals surface area contributed by atoms with Gasteiger partial charge in [-0.3, -0.25) is 4.40 Å². The fraction of sp³-hybridized carbons (Fsp3) is 0.421. The lowest BCUT2D eigenvalue weighted by Gasteiger charge is -2.27. The van der Waals surface area contributed by atoms with Crippen LogP contribution in [0.3, 0.4) is 0 Å². The lowest BCUT2D eigenvalue weighted by atomic mass is 9.82. The molecule has 5 nitrogen and oxygen atoms in total. The highest BCUT2D eigenvalue weighted by molar-refractivity contribution is 5.90. The van der Waals surface area contributed by atoms with Gasteiger partial charge in [0, 0.05) is 28.8 Å². The highest BCUT2D eigenvalue weighted by atomic mass is 19.4. The molecule has 0 aromatic carbocycles. The molecule has 0 spiro atoms. The van der Waals surface area contributed by atoms with E-state index in [4.69, 9.17) is 4.74 Å². The van der Waals surface area contributed by atoms with Crippen molar-refractivity contribution in [3.05, 3.63) is 41.3 Å². The quantitative estimate of drug-likeness (QED) is 0.447. The Hall–Kier alpha value is -2.78. The summed E-state index contributed by atoms with van der Waals surface area (Å²) in [6.07, 6.45) is -2.31. The van der Waals surface area contributed by atoms with E-state index in [1.54, 1.807) is 6.92 Å². The minimum atomic E-state index is -5.75. The number of hydrogen-bond acceptors (Lipinski definition) is 4. The number of fused-ring (bicyclic) bond motifs is 3. The van der Waals surface area contributed by atoms with E-state index in [2.05, 4.69) is 9.97 Å². The van der Waals surface area contributed by atoms with Gasteiger partial charge in [0.05, 0.1) is 6.61 Å². The number of aromatic nitrogens is 3. The SMILES string of the molecule is CCOC(=O)c1cn2c(ccc3c(C(F)(F)C(F)(F)F)cc(C4CCC4)nc32)n1. The normalized spacial score (nSPS) is 15.7. The van der Waals surface area contributed by atoms with Crippen molar-refractivity contribution in [1.29, 1.82) is 0 Å². The molecule has 0 atom stereocenters. The topological polar surface area (TPSA) is 56.5 Å². The number of imidazole rings is 1. The molecule has 0 N–H and O–H groups in total. The molecular formula is C19H16F5N3O2. The summed E-state index contributed by atoms with van der Waals surface area (Å²) in [6.45, 7) is 1.72. The first kappa shape index (κ1) is 19.5. The summed E-state index contributed by atoms with van der Waals surface area (Å²) in [5, 5.41) is -0.351. The predicted octanol–water partition coefficient (Wildman–Crippen LogP) is 4.98. The molecule has 3 aromatic heterocycles. The number of pyridine rings is 2. The van der Waals surface area contributed by atoms with Crippen molar-refractivity contribution in [1.82, 2.24) is 14.4 Å². The summed E-state index contributed by atoms with van der Waals surface area (Å²) >= 11 is 0. The van der Waals surface area contributed by atoms with Crippen molar-refractivity contribution in [2.75, 3.05) is 6.61 Å². The average Bonchev–Trinajstić information content (AvgIpc) is 3.03. The molecule has 0 saturated heterocycles. The van der Waals surface area contributed by atoms with E-state index in [-0.39, 0.29) is 40.6 Å². The fourth-order valence-electron chi connectivity index (χ4n) is 3.38. The Morgan fingerprint density at radius 1 is 1.21 bits per heavy atom. The van der Waals surface area contributed by atoms with Crippen LogP contribution in [0.4, 0.5) is 22.0 Å². The predicted molar refractivity (Wildman–Crippen MR) is 93.0 cm³/mol. The molecule has 3 aromatic rings. The highest BCUT2D eigenvalue weighted by Gasteiger charge is 2.59. The Balaban J connectivity index is 2.00. The fourth-order valence-corrected chi connectivity index (χ4v) is 3.38. The van der Waals surface area contributed by atoms with E-state index in [1.807, 2.05) is 0 Å². The van der Waals surface area contributed by atoms with Gasteiger partial charge in [-0.15, -0.1) is 0 Å². The third-order valence-electron chi connectivity index (χ3n) is 5.12. The second-order valence-corrected chi connectivity index (χ2v) is 6.94. The van der Waals surface area contributed by atoms with Gasteiger partial charge in [-0.1, -0.05) is 6.42 Å². The first-order chi connectivity index (χ1) is 13.6. The summed E-state index contributed by atoms with van der Waals surface area (Å²) in [5.74, 6) is -5.95. The van der Waals surface area contributed by atoms with Crippen LogP contribution in [-0.4, -0.2) is 33.1 Å². The summed E-state index contributed by atoms with van der Waals surface area (Å²) in [6, 6.07) is 3.25. The molecule has 0 aliphatic heterocycles. The molecule has 0 unspecified atom stereocenters. The van der Waals surface area contributed by atoms with E-state index >= 15 is 0 Å².